The molecule has 1 aromatic carbocycles. The molecule has 1 saturated carbocycles. The number of pyridine rings is 2. The van der Waals surface area contributed by atoms with E-state index in [1.54, 1.807) is 43.0 Å². The summed E-state index contributed by atoms with van der Waals surface area (Å²) < 4.78 is 19.4. The first kappa shape index (κ1) is 23.4. The number of amides is 1. The Labute approximate surface area is 223 Å². The van der Waals surface area contributed by atoms with Crippen molar-refractivity contribution in [2.24, 2.45) is 0 Å². The lowest BCUT2D eigenvalue weighted by Gasteiger charge is -2.15. The standard InChI is InChI=1S/C29H25FN8O/c30-22-13-20(19-5-4-11-31-15-19)25(37-16-24(32-17-37)18-9-10-18)14-21(22)29(39)34-26-7-3-6-23(33-26)28-36-35-27-8-1-2-12-38(27)28/h3-7,11,13-18H,1-2,8-10,12H2,(H,33,34,39). The number of rotatable bonds is 6. The Kier molecular flexibility index (Phi) is 5.72. The van der Waals surface area contributed by atoms with Gasteiger partial charge in [-0.1, -0.05) is 12.1 Å². The lowest BCUT2D eigenvalue weighted by molar-refractivity contribution is 0.102. The van der Waals surface area contributed by atoms with E-state index >= 15 is 4.39 Å². The Hall–Kier alpha value is -4.73. The van der Waals surface area contributed by atoms with Gasteiger partial charge in [0.05, 0.1) is 23.3 Å². The van der Waals surface area contributed by atoms with Crippen LogP contribution in [0.5, 0.6) is 0 Å². The summed E-state index contributed by atoms with van der Waals surface area (Å²) in [6, 6.07) is 11.9. The molecule has 9 nitrogen and oxygen atoms in total. The number of aromatic nitrogens is 7. The maximum Gasteiger partial charge on any atom is 0.259 e. The first-order chi connectivity index (χ1) is 19.1. The van der Waals surface area contributed by atoms with E-state index in [0.29, 0.717) is 34.5 Å². The topological polar surface area (TPSA) is 103 Å². The number of hydrogen-bond donors (Lipinski definition) is 1. The predicted molar refractivity (Wildman–Crippen MR) is 143 cm³/mol. The van der Waals surface area contributed by atoms with Crippen molar-refractivity contribution in [3.05, 3.63) is 90.3 Å². The van der Waals surface area contributed by atoms with E-state index < -0.39 is 11.7 Å². The summed E-state index contributed by atoms with van der Waals surface area (Å²) in [4.78, 5) is 26.7. The van der Waals surface area contributed by atoms with Crippen LogP contribution >= 0.6 is 0 Å². The zero-order chi connectivity index (χ0) is 26.3. The van der Waals surface area contributed by atoms with E-state index in [-0.39, 0.29) is 5.56 Å². The maximum atomic E-state index is 15.5. The molecular formula is C29H25FN8O. The van der Waals surface area contributed by atoms with Gasteiger partial charge in [0.15, 0.2) is 5.82 Å². The quantitative estimate of drug-likeness (QED) is 0.330. The van der Waals surface area contributed by atoms with Gasteiger partial charge >= 0.3 is 0 Å². The van der Waals surface area contributed by atoms with Crippen LogP contribution in [0.2, 0.25) is 0 Å². The summed E-state index contributed by atoms with van der Waals surface area (Å²) >= 11 is 0. The van der Waals surface area contributed by atoms with Crippen molar-refractivity contribution in [2.75, 3.05) is 5.32 Å². The highest BCUT2D eigenvalue weighted by Crippen LogP contribution is 2.39. The highest BCUT2D eigenvalue weighted by molar-refractivity contribution is 6.05. The molecule has 0 bridgehead atoms. The summed E-state index contributed by atoms with van der Waals surface area (Å²) in [5.41, 5.74) is 3.52. The SMILES string of the molecule is O=C(Nc1cccc(-c2nnc3n2CCCC3)n1)c1cc(-n2cnc(C3CC3)c2)c(-c2cccnc2)cc1F. The molecule has 0 radical (unpaired) electrons. The van der Waals surface area contributed by atoms with Crippen molar-refractivity contribution in [1.29, 1.82) is 0 Å². The third-order valence-corrected chi connectivity index (χ3v) is 7.26. The maximum absolute atomic E-state index is 15.5. The average Bonchev–Trinajstić information content (AvgIpc) is 3.54. The van der Waals surface area contributed by atoms with Gasteiger partial charge in [0.25, 0.3) is 5.91 Å². The van der Waals surface area contributed by atoms with Gasteiger partial charge in [0.2, 0.25) is 0 Å². The highest BCUT2D eigenvalue weighted by Gasteiger charge is 2.27. The number of hydrogen-bond acceptors (Lipinski definition) is 6. The Morgan fingerprint density at radius 3 is 2.85 bits per heavy atom. The number of anilines is 1. The average molecular weight is 521 g/mol. The number of aryl methyl sites for hydroxylation is 1. The van der Waals surface area contributed by atoms with E-state index in [9.17, 15) is 4.79 Å². The predicted octanol–water partition coefficient (Wildman–Crippen LogP) is 5.19. The van der Waals surface area contributed by atoms with Gasteiger partial charge in [-0.3, -0.25) is 9.78 Å². The Bertz CT molecular complexity index is 1690. The van der Waals surface area contributed by atoms with Gasteiger partial charge in [-0.2, -0.15) is 0 Å². The van der Waals surface area contributed by atoms with Crippen molar-refractivity contribution in [3.63, 3.8) is 0 Å². The van der Waals surface area contributed by atoms with Crippen LogP contribution in [0.25, 0.3) is 28.3 Å². The van der Waals surface area contributed by atoms with Gasteiger partial charge in [-0.15, -0.1) is 10.2 Å². The Balaban J connectivity index is 1.23. The minimum atomic E-state index is -0.639. The van der Waals surface area contributed by atoms with E-state index in [1.807, 2.05) is 22.9 Å². The normalized spacial score (nSPS) is 14.7. The van der Waals surface area contributed by atoms with Gasteiger partial charge in [0, 0.05) is 48.6 Å². The number of imidazole rings is 1. The van der Waals surface area contributed by atoms with Crippen molar-refractivity contribution >= 4 is 11.7 Å². The molecule has 10 heteroatoms. The molecule has 7 rings (SSSR count). The summed E-state index contributed by atoms with van der Waals surface area (Å²) in [5, 5.41) is 11.4. The number of benzene rings is 1. The number of fused-ring (bicyclic) bond motifs is 1. The van der Waals surface area contributed by atoms with Gasteiger partial charge in [-0.25, -0.2) is 14.4 Å². The minimum Gasteiger partial charge on any atom is -0.310 e. The summed E-state index contributed by atoms with van der Waals surface area (Å²) in [6.45, 7) is 0.837. The van der Waals surface area contributed by atoms with Crippen molar-refractivity contribution in [3.8, 4) is 28.3 Å². The second kappa shape index (κ2) is 9.54. The Morgan fingerprint density at radius 1 is 1.08 bits per heavy atom. The van der Waals surface area contributed by atoms with Gasteiger partial charge in [-0.05, 0) is 56.0 Å². The molecule has 1 aliphatic heterocycles. The van der Waals surface area contributed by atoms with Crippen LogP contribution < -0.4 is 5.32 Å². The molecule has 194 valence electrons. The van der Waals surface area contributed by atoms with Crippen LogP contribution in [-0.4, -0.2) is 40.2 Å². The first-order valence-corrected chi connectivity index (χ1v) is 13.1. The van der Waals surface area contributed by atoms with Gasteiger partial charge in [0.1, 0.15) is 23.2 Å². The largest absolute Gasteiger partial charge is 0.310 e. The molecule has 2 aliphatic rings. The molecule has 1 fully saturated rings. The van der Waals surface area contributed by atoms with E-state index in [0.717, 1.165) is 55.7 Å². The smallest absolute Gasteiger partial charge is 0.259 e. The summed E-state index contributed by atoms with van der Waals surface area (Å²) in [5.74, 6) is 1.15. The second-order valence-electron chi connectivity index (χ2n) is 9.98. The number of carbonyl (C=O) groups excluding carboxylic acids is 1. The zero-order valence-corrected chi connectivity index (χ0v) is 21.1. The van der Waals surface area contributed by atoms with E-state index in [1.165, 1.54) is 6.07 Å². The molecule has 1 N–H and O–H groups in total. The molecule has 4 aromatic heterocycles. The van der Waals surface area contributed by atoms with Crippen LogP contribution in [0.4, 0.5) is 10.2 Å². The van der Waals surface area contributed by atoms with E-state index in [4.69, 9.17) is 0 Å². The number of nitrogens with zero attached hydrogens (tertiary/aromatic N) is 7. The van der Waals surface area contributed by atoms with Crippen LogP contribution in [0.3, 0.4) is 0 Å². The monoisotopic (exact) mass is 520 g/mol. The third kappa shape index (κ3) is 4.47. The molecular weight excluding hydrogens is 495 g/mol. The fourth-order valence-corrected chi connectivity index (χ4v) is 5.07. The van der Waals surface area contributed by atoms with E-state index in [2.05, 4.69) is 35.0 Å². The van der Waals surface area contributed by atoms with Crippen molar-refractivity contribution < 1.29 is 9.18 Å². The lowest BCUT2D eigenvalue weighted by Crippen LogP contribution is -2.16. The zero-order valence-electron chi connectivity index (χ0n) is 21.1. The van der Waals surface area contributed by atoms with Gasteiger partial charge < -0.3 is 14.5 Å². The fraction of sp³-hybridized carbons (Fsp3) is 0.241. The molecule has 1 amide bonds. The second-order valence-corrected chi connectivity index (χ2v) is 9.98. The molecule has 5 aromatic rings. The minimum absolute atomic E-state index is 0.0913. The highest BCUT2D eigenvalue weighted by atomic mass is 19.1. The fourth-order valence-electron chi connectivity index (χ4n) is 5.07. The number of halogens is 1. The van der Waals surface area contributed by atoms with Crippen LogP contribution in [0.15, 0.2) is 67.4 Å². The van der Waals surface area contributed by atoms with Crippen LogP contribution in [0.1, 0.15) is 53.5 Å². The van der Waals surface area contributed by atoms with Crippen LogP contribution in [-0.2, 0) is 13.0 Å². The first-order valence-electron chi connectivity index (χ1n) is 13.1. The lowest BCUT2D eigenvalue weighted by atomic mass is 10.0. The van der Waals surface area contributed by atoms with Crippen LogP contribution in [0, 0.1) is 5.82 Å². The molecule has 5 heterocycles. The van der Waals surface area contributed by atoms with Crippen molar-refractivity contribution in [2.45, 2.75) is 44.6 Å². The molecule has 0 spiro atoms. The summed E-state index contributed by atoms with van der Waals surface area (Å²) in [6.07, 6.45) is 12.3. The number of nitrogens with one attached hydrogen (secondary N) is 1. The van der Waals surface area contributed by atoms with Crippen molar-refractivity contribution in [1.82, 2.24) is 34.3 Å². The molecule has 39 heavy (non-hydrogen) atoms. The molecule has 0 unspecified atom stereocenters. The third-order valence-electron chi connectivity index (χ3n) is 7.26. The Morgan fingerprint density at radius 2 is 2.00 bits per heavy atom. The molecule has 1 aliphatic carbocycles. The molecule has 0 atom stereocenters. The summed E-state index contributed by atoms with van der Waals surface area (Å²) in [7, 11) is 0. The number of carbonyl (C=O) groups is 1. The molecule has 0 saturated heterocycles.